The van der Waals surface area contributed by atoms with Crippen LogP contribution in [-0.4, -0.2) is 19.0 Å². The molecule has 3 nitrogen and oxygen atoms in total. The van der Waals surface area contributed by atoms with Crippen molar-refractivity contribution >= 4 is 17.3 Å². The molecule has 0 radical (unpaired) electrons. The van der Waals surface area contributed by atoms with Gasteiger partial charge in [0.2, 0.25) is 5.91 Å². The molecule has 1 N–H and O–H groups in total. The Hall–Kier alpha value is -2.29. The summed E-state index contributed by atoms with van der Waals surface area (Å²) in [6.45, 7) is 8.47. The van der Waals surface area contributed by atoms with Crippen LogP contribution in [-0.2, 0) is 16.6 Å². The van der Waals surface area contributed by atoms with E-state index in [4.69, 9.17) is 0 Å². The minimum atomic E-state index is -0.333. The maximum atomic E-state index is 13.0. The predicted molar refractivity (Wildman–Crippen MR) is 103 cm³/mol. The Morgan fingerprint density at radius 1 is 1.12 bits per heavy atom. The Labute approximate surface area is 150 Å². The summed E-state index contributed by atoms with van der Waals surface area (Å²) in [4.78, 5) is 15.4. The highest BCUT2D eigenvalue weighted by Crippen LogP contribution is 2.49. The first-order valence-corrected chi connectivity index (χ1v) is 9.30. The minimum Gasteiger partial charge on any atom is -0.371 e. The molecule has 4 rings (SSSR count). The van der Waals surface area contributed by atoms with Gasteiger partial charge in [-0.3, -0.25) is 4.79 Å². The number of hydrogen-bond acceptors (Lipinski definition) is 2. The molecule has 0 spiro atoms. The molecule has 1 saturated carbocycles. The summed E-state index contributed by atoms with van der Waals surface area (Å²) in [5, 5.41) is 3.19. The number of carbonyl (C=O) groups excluding carboxylic acids is 1. The number of benzene rings is 2. The number of fused-ring (bicyclic) bond motifs is 1. The third-order valence-electron chi connectivity index (χ3n) is 5.68. The average Bonchev–Trinajstić information content (AvgIpc) is 3.29. The molecule has 2 aromatic rings. The van der Waals surface area contributed by atoms with Crippen LogP contribution in [0.2, 0.25) is 0 Å². The molecule has 1 aliphatic carbocycles. The average molecular weight is 334 g/mol. The van der Waals surface area contributed by atoms with E-state index in [-0.39, 0.29) is 11.3 Å². The highest BCUT2D eigenvalue weighted by molar-refractivity contribution is 6.01. The van der Waals surface area contributed by atoms with E-state index in [1.54, 1.807) is 0 Å². The lowest BCUT2D eigenvalue weighted by Crippen LogP contribution is -2.28. The predicted octanol–water partition coefficient (Wildman–Crippen LogP) is 4.36. The van der Waals surface area contributed by atoms with Crippen LogP contribution in [0.25, 0.3) is 0 Å². The third kappa shape index (κ3) is 2.82. The third-order valence-corrected chi connectivity index (χ3v) is 5.68. The first-order chi connectivity index (χ1) is 12.0. The van der Waals surface area contributed by atoms with Crippen molar-refractivity contribution in [1.29, 1.82) is 0 Å². The van der Waals surface area contributed by atoms with Crippen LogP contribution in [0.1, 0.15) is 42.0 Å². The van der Waals surface area contributed by atoms with Gasteiger partial charge in [0.15, 0.2) is 0 Å². The van der Waals surface area contributed by atoms with E-state index < -0.39 is 0 Å². The zero-order valence-electron chi connectivity index (χ0n) is 15.4. The lowest BCUT2D eigenvalue weighted by molar-refractivity contribution is -0.118. The van der Waals surface area contributed by atoms with Crippen molar-refractivity contribution in [2.24, 2.45) is 0 Å². The molecule has 1 fully saturated rings. The van der Waals surface area contributed by atoms with Gasteiger partial charge in [-0.25, -0.2) is 0 Å². The molecule has 1 aliphatic heterocycles. The Morgan fingerprint density at radius 2 is 1.84 bits per heavy atom. The second kappa shape index (κ2) is 5.91. The van der Waals surface area contributed by atoms with Crippen LogP contribution in [0.5, 0.6) is 0 Å². The lowest BCUT2D eigenvalue weighted by Gasteiger charge is -2.20. The van der Waals surface area contributed by atoms with E-state index in [1.165, 1.54) is 27.9 Å². The van der Waals surface area contributed by atoms with E-state index in [0.717, 1.165) is 38.0 Å². The fourth-order valence-electron chi connectivity index (χ4n) is 4.13. The van der Waals surface area contributed by atoms with Crippen LogP contribution < -0.4 is 10.2 Å². The first-order valence-electron chi connectivity index (χ1n) is 9.30. The van der Waals surface area contributed by atoms with Gasteiger partial charge in [-0.15, -0.1) is 0 Å². The summed E-state index contributed by atoms with van der Waals surface area (Å²) in [6.07, 6.45) is 2.98. The van der Waals surface area contributed by atoms with Crippen LogP contribution >= 0.6 is 0 Å². The standard InChI is InChI=1S/C22H26N2O/c1-4-24-10-7-17-5-6-19(14-20(17)24)23-21(25)22(8-9-22)18-12-15(2)11-16(3)13-18/h5-6,11-14H,4,7-10H2,1-3H3,(H,23,25). The van der Waals surface area contributed by atoms with Crippen molar-refractivity contribution in [3.05, 3.63) is 58.7 Å². The molecule has 130 valence electrons. The number of amides is 1. The number of nitrogens with zero attached hydrogens (tertiary/aromatic N) is 1. The number of hydrogen-bond donors (Lipinski definition) is 1. The van der Waals surface area contributed by atoms with Crippen molar-refractivity contribution in [1.82, 2.24) is 0 Å². The zero-order valence-corrected chi connectivity index (χ0v) is 15.4. The maximum Gasteiger partial charge on any atom is 0.235 e. The summed E-state index contributed by atoms with van der Waals surface area (Å²) < 4.78 is 0. The van der Waals surface area contributed by atoms with Crippen LogP contribution in [0, 0.1) is 13.8 Å². The highest BCUT2D eigenvalue weighted by atomic mass is 16.2. The molecule has 1 heterocycles. The molecule has 0 saturated heterocycles. The van der Waals surface area contributed by atoms with E-state index in [2.05, 4.69) is 61.3 Å². The van der Waals surface area contributed by atoms with Crippen molar-refractivity contribution in [3.8, 4) is 0 Å². The van der Waals surface area contributed by atoms with Crippen LogP contribution in [0.15, 0.2) is 36.4 Å². The van der Waals surface area contributed by atoms with Crippen molar-refractivity contribution in [3.63, 3.8) is 0 Å². The Morgan fingerprint density at radius 3 is 2.48 bits per heavy atom. The van der Waals surface area contributed by atoms with Crippen LogP contribution in [0.3, 0.4) is 0 Å². The largest absolute Gasteiger partial charge is 0.371 e. The molecular weight excluding hydrogens is 308 g/mol. The topological polar surface area (TPSA) is 32.3 Å². The second-order valence-electron chi connectivity index (χ2n) is 7.59. The summed E-state index contributed by atoms with van der Waals surface area (Å²) in [5.74, 6) is 0.137. The minimum absolute atomic E-state index is 0.137. The molecule has 0 unspecified atom stereocenters. The SMILES string of the molecule is CCN1CCc2ccc(NC(=O)C3(c4cc(C)cc(C)c4)CC3)cc21. The number of nitrogens with one attached hydrogen (secondary N) is 1. The fraction of sp³-hybridized carbons (Fsp3) is 0.409. The molecule has 0 aromatic heterocycles. The molecule has 0 atom stereocenters. The van der Waals surface area contributed by atoms with Gasteiger partial charge < -0.3 is 10.2 Å². The summed E-state index contributed by atoms with van der Waals surface area (Å²) in [5.41, 5.74) is 6.86. The van der Waals surface area contributed by atoms with Gasteiger partial charge in [0.05, 0.1) is 5.41 Å². The van der Waals surface area contributed by atoms with Gasteiger partial charge in [-0.1, -0.05) is 35.4 Å². The highest BCUT2D eigenvalue weighted by Gasteiger charge is 2.51. The van der Waals surface area contributed by atoms with E-state index in [9.17, 15) is 4.79 Å². The fourth-order valence-corrected chi connectivity index (χ4v) is 4.13. The van der Waals surface area contributed by atoms with Crippen molar-refractivity contribution in [2.75, 3.05) is 23.3 Å². The molecule has 25 heavy (non-hydrogen) atoms. The smallest absolute Gasteiger partial charge is 0.235 e. The summed E-state index contributed by atoms with van der Waals surface area (Å²) >= 11 is 0. The Kier molecular flexibility index (Phi) is 3.82. The van der Waals surface area contributed by atoms with Gasteiger partial charge in [0.1, 0.15) is 0 Å². The second-order valence-corrected chi connectivity index (χ2v) is 7.59. The lowest BCUT2D eigenvalue weighted by atomic mass is 9.92. The van der Waals surface area contributed by atoms with Gasteiger partial charge >= 0.3 is 0 Å². The number of carbonyl (C=O) groups is 1. The normalized spacial score (nSPS) is 17.3. The van der Waals surface area contributed by atoms with Gasteiger partial charge in [-0.05, 0) is 63.3 Å². The van der Waals surface area contributed by atoms with E-state index >= 15 is 0 Å². The van der Waals surface area contributed by atoms with Crippen LogP contribution in [0.4, 0.5) is 11.4 Å². The molecule has 2 aliphatic rings. The van der Waals surface area contributed by atoms with E-state index in [1.807, 2.05) is 6.07 Å². The zero-order chi connectivity index (χ0) is 17.6. The molecule has 0 bridgehead atoms. The molecule has 1 amide bonds. The first kappa shape index (κ1) is 16.2. The van der Waals surface area contributed by atoms with Gasteiger partial charge in [0, 0.05) is 24.5 Å². The Balaban J connectivity index is 1.58. The molecule has 3 heteroatoms. The maximum absolute atomic E-state index is 13.0. The van der Waals surface area contributed by atoms with Crippen molar-refractivity contribution < 1.29 is 4.79 Å². The number of rotatable bonds is 4. The van der Waals surface area contributed by atoms with Crippen molar-refractivity contribution in [2.45, 2.75) is 45.4 Å². The molecule has 2 aromatic carbocycles. The van der Waals surface area contributed by atoms with Gasteiger partial charge in [0.25, 0.3) is 0 Å². The number of anilines is 2. The molecular formula is C22H26N2O. The summed E-state index contributed by atoms with van der Waals surface area (Å²) in [7, 11) is 0. The van der Waals surface area contributed by atoms with E-state index in [0.29, 0.717) is 0 Å². The Bertz CT molecular complexity index is 816. The number of likely N-dealkylation sites (N-methyl/N-ethyl adjacent to an activating group) is 1. The van der Waals surface area contributed by atoms with Gasteiger partial charge in [-0.2, -0.15) is 0 Å². The summed E-state index contributed by atoms with van der Waals surface area (Å²) in [6, 6.07) is 12.9. The number of aryl methyl sites for hydroxylation is 2. The monoisotopic (exact) mass is 334 g/mol. The quantitative estimate of drug-likeness (QED) is 0.901.